The Morgan fingerprint density at radius 3 is 2.95 bits per heavy atom. The minimum absolute atomic E-state index is 0.426. The third-order valence-electron chi connectivity index (χ3n) is 3.78. The van der Waals surface area contributed by atoms with Crippen LogP contribution >= 0.6 is 0 Å². The number of likely N-dealkylation sites (N-methyl/N-ethyl adjacent to an activating group) is 1. The monoisotopic (exact) mass is 256 g/mol. The van der Waals surface area contributed by atoms with Gasteiger partial charge in [-0.15, -0.1) is 0 Å². The molecule has 0 fully saturated rings. The van der Waals surface area contributed by atoms with Crippen molar-refractivity contribution in [3.05, 3.63) is 40.6 Å². The summed E-state index contributed by atoms with van der Waals surface area (Å²) < 4.78 is 0. The maximum atomic E-state index is 11.7. The van der Waals surface area contributed by atoms with Gasteiger partial charge in [-0.3, -0.25) is 4.98 Å². The Morgan fingerprint density at radius 1 is 1.42 bits per heavy atom. The third-order valence-corrected chi connectivity index (χ3v) is 3.78. The van der Waals surface area contributed by atoms with Crippen molar-refractivity contribution in [2.45, 2.75) is 19.9 Å². The van der Waals surface area contributed by atoms with Gasteiger partial charge in [0.25, 0.3) is 0 Å². The summed E-state index contributed by atoms with van der Waals surface area (Å²) in [6.45, 7) is 3.56. The first-order chi connectivity index (χ1) is 9.08. The quantitative estimate of drug-likeness (QED) is 0.850. The van der Waals surface area contributed by atoms with Gasteiger partial charge in [-0.1, -0.05) is 18.2 Å². The summed E-state index contributed by atoms with van der Waals surface area (Å²) in [4.78, 5) is 18.5. The molecule has 0 aliphatic carbocycles. The molecule has 1 aliphatic heterocycles. The molecule has 0 spiro atoms. The summed E-state index contributed by atoms with van der Waals surface area (Å²) in [5.41, 5.74) is 4.09. The molecule has 1 aromatic heterocycles. The van der Waals surface area contributed by atoms with Crippen LogP contribution in [0.2, 0.25) is 0 Å². The molecular formula is C15H16N2O2. The van der Waals surface area contributed by atoms with Crippen molar-refractivity contribution < 1.29 is 9.90 Å². The second kappa shape index (κ2) is 4.31. The van der Waals surface area contributed by atoms with Gasteiger partial charge in [0.2, 0.25) is 0 Å². The van der Waals surface area contributed by atoms with Crippen molar-refractivity contribution in [1.82, 2.24) is 9.88 Å². The lowest BCUT2D eigenvalue weighted by Crippen LogP contribution is -2.29. The fourth-order valence-electron chi connectivity index (χ4n) is 2.79. The molecule has 0 atom stereocenters. The lowest BCUT2D eigenvalue weighted by atomic mass is 9.95. The minimum Gasteiger partial charge on any atom is -0.478 e. The van der Waals surface area contributed by atoms with Gasteiger partial charge in [0.05, 0.1) is 11.1 Å². The molecule has 0 saturated heterocycles. The Kier molecular flexibility index (Phi) is 2.75. The van der Waals surface area contributed by atoms with Crippen LogP contribution in [0.1, 0.15) is 27.2 Å². The first-order valence-corrected chi connectivity index (χ1v) is 6.41. The summed E-state index contributed by atoms with van der Waals surface area (Å²) in [7, 11) is 2.01. The van der Waals surface area contributed by atoms with Crippen LogP contribution < -0.4 is 0 Å². The van der Waals surface area contributed by atoms with Crippen molar-refractivity contribution in [2.75, 3.05) is 13.6 Å². The molecule has 1 N–H and O–H groups in total. The summed E-state index contributed by atoms with van der Waals surface area (Å²) in [6, 6.07) is 5.72. The van der Waals surface area contributed by atoms with Gasteiger partial charge in [-0.2, -0.15) is 0 Å². The summed E-state index contributed by atoms with van der Waals surface area (Å²) in [5, 5.41) is 10.3. The van der Waals surface area contributed by atoms with Crippen molar-refractivity contribution in [1.29, 1.82) is 0 Å². The van der Waals surface area contributed by atoms with E-state index in [1.54, 1.807) is 0 Å². The molecule has 98 valence electrons. The Morgan fingerprint density at radius 2 is 2.21 bits per heavy atom. The highest BCUT2D eigenvalue weighted by Crippen LogP contribution is 2.29. The van der Waals surface area contributed by atoms with Crippen LogP contribution in [0.25, 0.3) is 10.9 Å². The number of pyridine rings is 1. The molecular weight excluding hydrogens is 240 g/mol. The van der Waals surface area contributed by atoms with Crippen LogP contribution in [0.5, 0.6) is 0 Å². The van der Waals surface area contributed by atoms with Crippen LogP contribution in [-0.2, 0) is 13.0 Å². The number of aromatic nitrogens is 1. The van der Waals surface area contributed by atoms with E-state index in [1.807, 2.05) is 32.2 Å². The van der Waals surface area contributed by atoms with E-state index in [0.717, 1.165) is 40.7 Å². The molecule has 0 saturated carbocycles. The minimum atomic E-state index is -0.857. The number of benzene rings is 1. The predicted octanol–water partition coefficient (Wildman–Crippen LogP) is 2.23. The SMILES string of the molecule is Cc1cccc2c(C(=O)O)c3c(nc12)CCN(C)C3. The van der Waals surface area contributed by atoms with Gasteiger partial charge in [0.1, 0.15) is 0 Å². The second-order valence-electron chi connectivity index (χ2n) is 5.18. The van der Waals surface area contributed by atoms with Crippen molar-refractivity contribution in [3.63, 3.8) is 0 Å². The average molecular weight is 256 g/mol. The van der Waals surface area contributed by atoms with E-state index in [2.05, 4.69) is 4.90 Å². The summed E-state index contributed by atoms with van der Waals surface area (Å²) >= 11 is 0. The molecule has 1 aliphatic rings. The van der Waals surface area contributed by atoms with E-state index < -0.39 is 5.97 Å². The molecule has 0 radical (unpaired) electrons. The standard InChI is InChI=1S/C15H16N2O2/c1-9-4-3-5-10-13(15(18)19)11-8-17(2)7-6-12(11)16-14(9)10/h3-5H,6-8H2,1-2H3,(H,18,19). The Labute approximate surface area is 111 Å². The van der Waals surface area contributed by atoms with Gasteiger partial charge < -0.3 is 10.0 Å². The fraction of sp³-hybridized carbons (Fsp3) is 0.333. The number of para-hydroxylation sites is 1. The first kappa shape index (κ1) is 12.1. The van der Waals surface area contributed by atoms with Gasteiger partial charge in [0, 0.05) is 36.2 Å². The van der Waals surface area contributed by atoms with Crippen molar-refractivity contribution in [3.8, 4) is 0 Å². The van der Waals surface area contributed by atoms with Crippen LogP contribution in [0.15, 0.2) is 18.2 Å². The average Bonchev–Trinajstić information content (AvgIpc) is 2.36. The maximum Gasteiger partial charge on any atom is 0.336 e. The molecule has 0 unspecified atom stereocenters. The van der Waals surface area contributed by atoms with E-state index >= 15 is 0 Å². The number of aryl methyl sites for hydroxylation is 1. The molecule has 1 aromatic carbocycles. The smallest absolute Gasteiger partial charge is 0.336 e. The zero-order valence-electron chi connectivity index (χ0n) is 11.1. The van der Waals surface area contributed by atoms with E-state index in [4.69, 9.17) is 4.98 Å². The van der Waals surface area contributed by atoms with Crippen molar-refractivity contribution in [2.24, 2.45) is 0 Å². The molecule has 19 heavy (non-hydrogen) atoms. The molecule has 4 heteroatoms. The number of carboxylic acid groups (broad SMARTS) is 1. The maximum absolute atomic E-state index is 11.7. The number of nitrogens with zero attached hydrogens (tertiary/aromatic N) is 2. The van der Waals surface area contributed by atoms with Crippen LogP contribution in [0, 0.1) is 6.92 Å². The highest BCUT2D eigenvalue weighted by molar-refractivity contribution is 6.04. The fourth-order valence-corrected chi connectivity index (χ4v) is 2.79. The molecule has 3 rings (SSSR count). The van der Waals surface area contributed by atoms with E-state index in [0.29, 0.717) is 12.1 Å². The number of hydrogen-bond donors (Lipinski definition) is 1. The van der Waals surface area contributed by atoms with E-state index in [9.17, 15) is 9.90 Å². The first-order valence-electron chi connectivity index (χ1n) is 6.41. The molecule has 0 bridgehead atoms. The predicted molar refractivity (Wildman–Crippen MR) is 73.5 cm³/mol. The number of hydrogen-bond acceptors (Lipinski definition) is 3. The van der Waals surface area contributed by atoms with Crippen LogP contribution in [0.3, 0.4) is 0 Å². The number of carboxylic acids is 1. The summed E-state index contributed by atoms with van der Waals surface area (Å²) in [5.74, 6) is -0.857. The zero-order valence-corrected chi connectivity index (χ0v) is 11.1. The molecule has 0 amide bonds. The Balaban J connectivity index is 2.40. The number of carbonyl (C=O) groups is 1. The second-order valence-corrected chi connectivity index (χ2v) is 5.18. The highest BCUT2D eigenvalue weighted by atomic mass is 16.4. The van der Waals surface area contributed by atoms with Gasteiger partial charge in [-0.25, -0.2) is 4.79 Å². The number of rotatable bonds is 1. The summed E-state index contributed by atoms with van der Waals surface area (Å²) in [6.07, 6.45) is 0.816. The molecule has 2 heterocycles. The lowest BCUT2D eigenvalue weighted by molar-refractivity contribution is 0.0696. The third kappa shape index (κ3) is 1.88. The Hall–Kier alpha value is -1.94. The molecule has 4 nitrogen and oxygen atoms in total. The van der Waals surface area contributed by atoms with E-state index in [1.165, 1.54) is 0 Å². The largest absolute Gasteiger partial charge is 0.478 e. The molecule has 2 aromatic rings. The zero-order chi connectivity index (χ0) is 13.6. The highest BCUT2D eigenvalue weighted by Gasteiger charge is 2.24. The van der Waals surface area contributed by atoms with Gasteiger partial charge in [0.15, 0.2) is 0 Å². The van der Waals surface area contributed by atoms with Crippen LogP contribution in [0.4, 0.5) is 0 Å². The topological polar surface area (TPSA) is 53.4 Å². The van der Waals surface area contributed by atoms with Gasteiger partial charge in [-0.05, 0) is 19.5 Å². The van der Waals surface area contributed by atoms with Gasteiger partial charge >= 0.3 is 5.97 Å². The number of fused-ring (bicyclic) bond motifs is 2. The van der Waals surface area contributed by atoms with Crippen LogP contribution in [-0.4, -0.2) is 34.6 Å². The van der Waals surface area contributed by atoms with Crippen molar-refractivity contribution >= 4 is 16.9 Å². The normalized spacial score (nSPS) is 15.5. The number of aromatic carboxylic acids is 1. The lowest BCUT2D eigenvalue weighted by Gasteiger charge is -2.26. The Bertz CT molecular complexity index is 679. The van der Waals surface area contributed by atoms with E-state index in [-0.39, 0.29) is 0 Å².